The van der Waals surface area contributed by atoms with E-state index < -0.39 is 12.2 Å². The van der Waals surface area contributed by atoms with Gasteiger partial charge in [0.1, 0.15) is 6.61 Å². The van der Waals surface area contributed by atoms with Crippen molar-refractivity contribution < 1.29 is 14.6 Å². The number of benzene rings is 1. The van der Waals surface area contributed by atoms with Gasteiger partial charge in [-0.25, -0.2) is 4.79 Å². The molecule has 17 heavy (non-hydrogen) atoms. The molecular formula is C13H15NO3. The van der Waals surface area contributed by atoms with Crippen molar-refractivity contribution in [2.24, 2.45) is 0 Å². The lowest BCUT2D eigenvalue weighted by atomic mass is 10.2. The number of hydrogen-bond acceptors (Lipinski definition) is 3. The van der Waals surface area contributed by atoms with Crippen molar-refractivity contribution >= 4 is 6.09 Å². The van der Waals surface area contributed by atoms with Crippen LogP contribution in [0.2, 0.25) is 0 Å². The fraction of sp³-hybridized carbons (Fsp3) is 0.308. The lowest BCUT2D eigenvalue weighted by molar-refractivity contribution is 0.135. The summed E-state index contributed by atoms with van der Waals surface area (Å²) in [7, 11) is 0. The van der Waals surface area contributed by atoms with E-state index in [1.807, 2.05) is 30.3 Å². The predicted molar refractivity (Wildman–Crippen MR) is 63.3 cm³/mol. The van der Waals surface area contributed by atoms with Crippen LogP contribution in [-0.4, -0.2) is 23.3 Å². The van der Waals surface area contributed by atoms with Crippen LogP contribution in [0.15, 0.2) is 42.5 Å². The summed E-state index contributed by atoms with van der Waals surface area (Å²) in [6.07, 6.45) is 3.03. The number of alkyl carbamates (subject to hydrolysis) is 1. The highest BCUT2D eigenvalue weighted by Crippen LogP contribution is 2.10. The van der Waals surface area contributed by atoms with E-state index in [2.05, 4.69) is 5.32 Å². The zero-order valence-electron chi connectivity index (χ0n) is 9.37. The maximum Gasteiger partial charge on any atom is 0.407 e. The SMILES string of the molecule is O=C(N[C@H]1C=C[C@@H](O)C1)OCc1ccccc1. The van der Waals surface area contributed by atoms with Crippen LogP contribution in [0.1, 0.15) is 12.0 Å². The zero-order chi connectivity index (χ0) is 12.1. The molecular weight excluding hydrogens is 218 g/mol. The average molecular weight is 233 g/mol. The molecule has 2 N–H and O–H groups in total. The molecule has 0 radical (unpaired) electrons. The van der Waals surface area contributed by atoms with Gasteiger partial charge in [0.25, 0.3) is 0 Å². The first-order chi connectivity index (χ1) is 8.24. The van der Waals surface area contributed by atoms with Gasteiger partial charge in [-0.2, -0.15) is 0 Å². The summed E-state index contributed by atoms with van der Waals surface area (Å²) in [6.45, 7) is 0.256. The molecule has 90 valence electrons. The van der Waals surface area contributed by atoms with Crippen molar-refractivity contribution in [2.75, 3.05) is 0 Å². The third-order valence-electron chi connectivity index (χ3n) is 2.58. The number of aliphatic hydroxyl groups excluding tert-OH is 1. The Morgan fingerprint density at radius 1 is 1.35 bits per heavy atom. The molecule has 1 aliphatic carbocycles. The molecule has 0 aliphatic heterocycles. The van der Waals surface area contributed by atoms with Crippen LogP contribution in [0, 0.1) is 0 Å². The number of nitrogens with one attached hydrogen (secondary N) is 1. The van der Waals surface area contributed by atoms with Crippen molar-refractivity contribution in [3.8, 4) is 0 Å². The molecule has 2 rings (SSSR count). The predicted octanol–water partition coefficient (Wildman–Crippen LogP) is 1.60. The summed E-state index contributed by atoms with van der Waals surface area (Å²) in [4.78, 5) is 11.4. The molecule has 1 aromatic rings. The quantitative estimate of drug-likeness (QED) is 0.780. The van der Waals surface area contributed by atoms with Gasteiger partial charge in [0, 0.05) is 6.42 Å². The van der Waals surface area contributed by atoms with Gasteiger partial charge in [-0.15, -0.1) is 0 Å². The Bertz CT molecular complexity index is 402. The van der Waals surface area contributed by atoms with Gasteiger partial charge in [-0.3, -0.25) is 0 Å². The summed E-state index contributed by atoms with van der Waals surface area (Å²) in [5, 5.41) is 11.9. The van der Waals surface area contributed by atoms with E-state index in [1.54, 1.807) is 12.2 Å². The molecule has 1 amide bonds. The van der Waals surface area contributed by atoms with Crippen molar-refractivity contribution in [3.05, 3.63) is 48.0 Å². The zero-order valence-corrected chi connectivity index (χ0v) is 9.37. The van der Waals surface area contributed by atoms with Crippen LogP contribution in [0.25, 0.3) is 0 Å². The summed E-state index contributed by atoms with van der Waals surface area (Å²) >= 11 is 0. The number of carbonyl (C=O) groups is 1. The first-order valence-corrected chi connectivity index (χ1v) is 5.57. The Hall–Kier alpha value is -1.81. The Morgan fingerprint density at radius 3 is 2.76 bits per heavy atom. The number of carbonyl (C=O) groups excluding carboxylic acids is 1. The van der Waals surface area contributed by atoms with Crippen LogP contribution < -0.4 is 5.32 Å². The van der Waals surface area contributed by atoms with Crippen molar-refractivity contribution in [3.63, 3.8) is 0 Å². The van der Waals surface area contributed by atoms with Gasteiger partial charge in [0.15, 0.2) is 0 Å². The van der Waals surface area contributed by atoms with E-state index in [4.69, 9.17) is 4.74 Å². The van der Waals surface area contributed by atoms with Gasteiger partial charge in [-0.05, 0) is 5.56 Å². The van der Waals surface area contributed by atoms with Crippen LogP contribution in [0.4, 0.5) is 4.79 Å². The normalized spacial score (nSPS) is 22.4. The standard InChI is InChI=1S/C13H15NO3/c15-12-7-6-11(8-12)14-13(16)17-9-10-4-2-1-3-5-10/h1-7,11-12,15H,8-9H2,(H,14,16)/t11-,12+/m0/s1. The first-order valence-electron chi connectivity index (χ1n) is 5.57. The molecule has 1 aliphatic rings. The molecule has 0 spiro atoms. The molecule has 4 nitrogen and oxygen atoms in total. The average Bonchev–Trinajstić information content (AvgIpc) is 2.73. The second-order valence-electron chi connectivity index (χ2n) is 4.00. The summed E-state index contributed by atoms with van der Waals surface area (Å²) < 4.78 is 5.06. The molecule has 2 atom stereocenters. The van der Waals surface area contributed by atoms with Gasteiger partial charge in [0.2, 0.25) is 0 Å². The Labute approximate surface area is 99.9 Å². The number of rotatable bonds is 3. The fourth-order valence-electron chi connectivity index (χ4n) is 1.70. The van der Waals surface area contributed by atoms with E-state index >= 15 is 0 Å². The number of aliphatic hydroxyl groups is 1. The summed E-state index contributed by atoms with van der Waals surface area (Å²) in [6, 6.07) is 9.36. The smallest absolute Gasteiger partial charge is 0.407 e. The highest BCUT2D eigenvalue weighted by Gasteiger charge is 2.18. The van der Waals surface area contributed by atoms with Gasteiger partial charge < -0.3 is 15.2 Å². The molecule has 0 aromatic heterocycles. The van der Waals surface area contributed by atoms with Crippen molar-refractivity contribution in [1.29, 1.82) is 0 Å². The van der Waals surface area contributed by atoms with E-state index in [0.717, 1.165) is 5.56 Å². The third-order valence-corrected chi connectivity index (χ3v) is 2.58. The molecule has 0 heterocycles. The summed E-state index contributed by atoms with van der Waals surface area (Å²) in [5.74, 6) is 0. The molecule has 0 saturated heterocycles. The Balaban J connectivity index is 1.73. The number of hydrogen-bond donors (Lipinski definition) is 2. The van der Waals surface area contributed by atoms with Crippen LogP contribution >= 0.6 is 0 Å². The highest BCUT2D eigenvalue weighted by atomic mass is 16.5. The lowest BCUT2D eigenvalue weighted by Gasteiger charge is -2.11. The molecule has 1 aromatic carbocycles. The Morgan fingerprint density at radius 2 is 2.12 bits per heavy atom. The second-order valence-corrected chi connectivity index (χ2v) is 4.00. The molecule has 0 bridgehead atoms. The largest absolute Gasteiger partial charge is 0.445 e. The van der Waals surface area contributed by atoms with Crippen LogP contribution in [0.3, 0.4) is 0 Å². The van der Waals surface area contributed by atoms with E-state index in [0.29, 0.717) is 6.42 Å². The summed E-state index contributed by atoms with van der Waals surface area (Å²) in [5.41, 5.74) is 0.949. The van der Waals surface area contributed by atoms with Crippen LogP contribution in [-0.2, 0) is 11.3 Å². The third kappa shape index (κ3) is 3.60. The van der Waals surface area contributed by atoms with Gasteiger partial charge >= 0.3 is 6.09 Å². The lowest BCUT2D eigenvalue weighted by Crippen LogP contribution is -2.33. The van der Waals surface area contributed by atoms with Crippen molar-refractivity contribution in [1.82, 2.24) is 5.32 Å². The number of ether oxygens (including phenoxy) is 1. The van der Waals surface area contributed by atoms with Crippen molar-refractivity contribution in [2.45, 2.75) is 25.2 Å². The monoisotopic (exact) mass is 233 g/mol. The minimum Gasteiger partial charge on any atom is -0.445 e. The van der Waals surface area contributed by atoms with Crippen LogP contribution in [0.5, 0.6) is 0 Å². The Kier molecular flexibility index (Phi) is 3.77. The van der Waals surface area contributed by atoms with E-state index in [9.17, 15) is 9.90 Å². The highest BCUT2D eigenvalue weighted by molar-refractivity contribution is 5.68. The molecule has 4 heteroatoms. The molecule has 0 fully saturated rings. The van der Waals surface area contributed by atoms with Gasteiger partial charge in [0.05, 0.1) is 12.1 Å². The molecule has 0 saturated carbocycles. The number of amides is 1. The van der Waals surface area contributed by atoms with E-state index in [-0.39, 0.29) is 12.6 Å². The van der Waals surface area contributed by atoms with E-state index in [1.165, 1.54) is 0 Å². The molecule has 0 unspecified atom stereocenters. The fourth-order valence-corrected chi connectivity index (χ4v) is 1.70. The minimum atomic E-state index is -0.463. The first kappa shape index (κ1) is 11.7. The maximum atomic E-state index is 11.4. The topological polar surface area (TPSA) is 58.6 Å². The van der Waals surface area contributed by atoms with Gasteiger partial charge in [-0.1, -0.05) is 42.5 Å². The minimum absolute atomic E-state index is 0.131. The maximum absolute atomic E-state index is 11.4. The second kappa shape index (κ2) is 5.50.